The molecular weight excluding hydrogens is 428 g/mol. The molecule has 9 heteroatoms. The highest BCUT2D eigenvalue weighted by molar-refractivity contribution is 7.91. The van der Waals surface area contributed by atoms with Gasteiger partial charge in [0, 0.05) is 36.2 Å². The van der Waals surface area contributed by atoms with E-state index in [-0.39, 0.29) is 11.8 Å². The van der Waals surface area contributed by atoms with Crippen molar-refractivity contribution < 1.29 is 17.9 Å². The zero-order valence-corrected chi connectivity index (χ0v) is 19.3. The Kier molecular flexibility index (Phi) is 5.63. The minimum atomic E-state index is -3.21. The number of ether oxygens (including phenoxy) is 2. The fourth-order valence-corrected chi connectivity index (χ4v) is 6.56. The van der Waals surface area contributed by atoms with Crippen molar-refractivity contribution in [1.82, 2.24) is 15.0 Å². The maximum absolute atomic E-state index is 12.8. The lowest BCUT2D eigenvalue weighted by atomic mass is 10.1. The van der Waals surface area contributed by atoms with Gasteiger partial charge in [0.05, 0.1) is 43.0 Å². The molecule has 2 aromatic heterocycles. The number of anilines is 1. The minimum Gasteiger partial charge on any atom is -0.478 e. The molecule has 4 heterocycles. The fraction of sp³-hybridized carbons (Fsp3) is 0.522. The summed E-state index contributed by atoms with van der Waals surface area (Å²) in [6, 6.07) is 3.87. The molecule has 1 aliphatic carbocycles. The lowest BCUT2D eigenvalue weighted by Gasteiger charge is -2.34. The van der Waals surface area contributed by atoms with Crippen molar-refractivity contribution in [3.05, 3.63) is 35.2 Å². The number of sulfone groups is 1. The maximum atomic E-state index is 12.8. The van der Waals surface area contributed by atoms with E-state index in [0.29, 0.717) is 56.6 Å². The summed E-state index contributed by atoms with van der Waals surface area (Å²) in [5, 5.41) is -0.587. The van der Waals surface area contributed by atoms with E-state index in [9.17, 15) is 8.42 Å². The number of hydrogen-bond donors (Lipinski definition) is 0. The van der Waals surface area contributed by atoms with Crippen molar-refractivity contribution in [3.8, 4) is 17.3 Å². The molecule has 0 bridgehead atoms. The monoisotopic (exact) mass is 456 g/mol. The van der Waals surface area contributed by atoms with Gasteiger partial charge in [0.25, 0.3) is 0 Å². The molecule has 2 saturated heterocycles. The third-order valence-electron chi connectivity index (χ3n) is 6.30. The second kappa shape index (κ2) is 8.44. The smallest absolute Gasteiger partial charge is 0.214 e. The summed E-state index contributed by atoms with van der Waals surface area (Å²) in [6.07, 6.45) is 6.08. The Hall–Kier alpha value is -2.52. The van der Waals surface area contributed by atoms with Crippen LogP contribution in [0.3, 0.4) is 0 Å². The normalized spacial score (nSPS) is 24.0. The molecule has 2 atom stereocenters. The zero-order valence-electron chi connectivity index (χ0n) is 18.5. The number of hydrogen-bond acceptors (Lipinski definition) is 8. The predicted molar refractivity (Wildman–Crippen MR) is 123 cm³/mol. The van der Waals surface area contributed by atoms with Crippen molar-refractivity contribution in [2.75, 3.05) is 37.0 Å². The molecule has 0 N–H and O–H groups in total. The first-order valence-corrected chi connectivity index (χ1v) is 13.0. The second-order valence-corrected chi connectivity index (χ2v) is 10.8. The Morgan fingerprint density at radius 1 is 1.25 bits per heavy atom. The summed E-state index contributed by atoms with van der Waals surface area (Å²) in [6.45, 7) is 6.45. The van der Waals surface area contributed by atoms with Crippen LogP contribution in [0.1, 0.15) is 48.9 Å². The summed E-state index contributed by atoms with van der Waals surface area (Å²) in [5.41, 5.74) is 3.30. The zero-order chi connectivity index (χ0) is 22.3. The summed E-state index contributed by atoms with van der Waals surface area (Å²) < 4.78 is 36.8. The predicted octanol–water partition coefficient (Wildman–Crippen LogP) is 2.98. The molecule has 2 fully saturated rings. The summed E-state index contributed by atoms with van der Waals surface area (Å²) in [4.78, 5) is 16.5. The molecule has 0 aromatic carbocycles. The van der Waals surface area contributed by atoms with E-state index in [2.05, 4.69) is 22.9 Å². The molecule has 3 aliphatic rings. The van der Waals surface area contributed by atoms with Crippen LogP contribution in [0, 0.1) is 0 Å². The molecule has 0 radical (unpaired) electrons. The van der Waals surface area contributed by atoms with Crippen LogP contribution in [-0.4, -0.2) is 61.5 Å². The molecule has 2 aromatic rings. The van der Waals surface area contributed by atoms with Gasteiger partial charge in [-0.3, -0.25) is 0 Å². The van der Waals surface area contributed by atoms with E-state index in [4.69, 9.17) is 19.4 Å². The van der Waals surface area contributed by atoms with Crippen LogP contribution in [-0.2, 0) is 21.0 Å². The minimum absolute atomic E-state index is 0.140. The average Bonchev–Trinajstić information content (AvgIpc) is 3.39. The van der Waals surface area contributed by atoms with Gasteiger partial charge in [-0.25, -0.2) is 23.4 Å². The molecule has 0 unspecified atom stereocenters. The van der Waals surface area contributed by atoms with E-state index < -0.39 is 15.1 Å². The molecular formula is C23H28N4O4S. The topological polar surface area (TPSA) is 94.5 Å². The fourth-order valence-electron chi connectivity index (χ4n) is 4.70. The van der Waals surface area contributed by atoms with Gasteiger partial charge in [-0.15, -0.1) is 0 Å². The van der Waals surface area contributed by atoms with Crippen molar-refractivity contribution in [1.29, 1.82) is 0 Å². The first-order valence-electron chi connectivity index (χ1n) is 11.2. The molecule has 8 nitrogen and oxygen atoms in total. The first-order chi connectivity index (χ1) is 15.5. The summed E-state index contributed by atoms with van der Waals surface area (Å²) in [5.74, 6) is 2.01. The third kappa shape index (κ3) is 3.88. The largest absolute Gasteiger partial charge is 0.478 e. The molecule has 170 valence electrons. The SMILES string of the molecule is CCOc1cc(-c2nc([C@H]3CCCS3(=O)=O)cc(N3CCOC[C@H]3C)n2)c2c(n1)CC=C2. The van der Waals surface area contributed by atoms with Gasteiger partial charge >= 0.3 is 0 Å². The van der Waals surface area contributed by atoms with Gasteiger partial charge < -0.3 is 14.4 Å². The Morgan fingerprint density at radius 2 is 2.12 bits per heavy atom. The maximum Gasteiger partial charge on any atom is 0.214 e. The van der Waals surface area contributed by atoms with Gasteiger partial charge in [0.15, 0.2) is 15.7 Å². The van der Waals surface area contributed by atoms with E-state index in [1.54, 1.807) is 0 Å². The highest BCUT2D eigenvalue weighted by Gasteiger charge is 2.35. The van der Waals surface area contributed by atoms with Crippen molar-refractivity contribution >= 4 is 21.7 Å². The van der Waals surface area contributed by atoms with Crippen LogP contribution in [0.5, 0.6) is 5.88 Å². The molecule has 2 aliphatic heterocycles. The van der Waals surface area contributed by atoms with Gasteiger partial charge in [0.2, 0.25) is 5.88 Å². The molecule has 32 heavy (non-hydrogen) atoms. The summed E-state index contributed by atoms with van der Waals surface area (Å²) in [7, 11) is -3.21. The number of pyridine rings is 1. The highest BCUT2D eigenvalue weighted by atomic mass is 32.2. The van der Waals surface area contributed by atoms with Crippen LogP contribution >= 0.6 is 0 Å². The Morgan fingerprint density at radius 3 is 2.88 bits per heavy atom. The van der Waals surface area contributed by atoms with Crippen LogP contribution < -0.4 is 9.64 Å². The number of nitrogens with zero attached hydrogens (tertiary/aromatic N) is 4. The van der Waals surface area contributed by atoms with Crippen LogP contribution in [0.25, 0.3) is 17.5 Å². The standard InChI is InChI=1S/C23H28N4O4S/c1-3-31-22-12-17(16-6-4-7-18(16)24-22)23-25-19(20-8-5-11-32(20,28)29)13-21(26-23)27-9-10-30-14-15(27)2/h4,6,12-13,15,20H,3,5,7-11,14H2,1-2H3/t15-,20-/m1/s1. The van der Waals surface area contributed by atoms with Gasteiger partial charge in [-0.05, 0) is 26.7 Å². The van der Waals surface area contributed by atoms with E-state index in [1.807, 2.05) is 25.1 Å². The number of aromatic nitrogens is 3. The van der Waals surface area contributed by atoms with E-state index in [0.717, 1.165) is 29.1 Å². The molecule has 0 spiro atoms. The van der Waals surface area contributed by atoms with Gasteiger partial charge in [-0.2, -0.15) is 0 Å². The number of allylic oxidation sites excluding steroid dienone is 1. The molecule has 0 amide bonds. The lowest BCUT2D eigenvalue weighted by molar-refractivity contribution is 0.0985. The van der Waals surface area contributed by atoms with Crippen molar-refractivity contribution in [2.24, 2.45) is 0 Å². The van der Waals surface area contributed by atoms with Crippen LogP contribution in [0.2, 0.25) is 0 Å². The van der Waals surface area contributed by atoms with Gasteiger partial charge in [-0.1, -0.05) is 12.2 Å². The quantitative estimate of drug-likeness (QED) is 0.678. The Bertz CT molecular complexity index is 1160. The molecule has 0 saturated carbocycles. The van der Waals surface area contributed by atoms with Gasteiger partial charge in [0.1, 0.15) is 11.1 Å². The number of rotatable bonds is 5. The van der Waals surface area contributed by atoms with E-state index >= 15 is 0 Å². The Balaban J connectivity index is 1.68. The Labute approximate surface area is 188 Å². The second-order valence-electron chi connectivity index (χ2n) is 8.50. The van der Waals surface area contributed by atoms with Crippen LogP contribution in [0.4, 0.5) is 5.82 Å². The average molecular weight is 457 g/mol. The first kappa shape index (κ1) is 21.3. The van der Waals surface area contributed by atoms with Crippen molar-refractivity contribution in [2.45, 2.75) is 44.4 Å². The molecule has 5 rings (SSSR count). The lowest BCUT2D eigenvalue weighted by Crippen LogP contribution is -2.44. The number of fused-ring (bicyclic) bond motifs is 1. The van der Waals surface area contributed by atoms with Crippen LogP contribution in [0.15, 0.2) is 18.2 Å². The summed E-state index contributed by atoms with van der Waals surface area (Å²) >= 11 is 0. The van der Waals surface area contributed by atoms with E-state index in [1.165, 1.54) is 0 Å². The van der Waals surface area contributed by atoms with Crippen molar-refractivity contribution in [3.63, 3.8) is 0 Å². The number of morpholine rings is 1. The third-order valence-corrected chi connectivity index (χ3v) is 8.50. The highest BCUT2D eigenvalue weighted by Crippen LogP contribution is 2.38.